The van der Waals surface area contributed by atoms with E-state index in [1.807, 2.05) is 18.2 Å². The third-order valence-corrected chi connectivity index (χ3v) is 7.34. The quantitative estimate of drug-likeness (QED) is 0.152. The van der Waals surface area contributed by atoms with Crippen LogP contribution in [0.15, 0.2) is 47.6 Å². The summed E-state index contributed by atoms with van der Waals surface area (Å²) in [5.74, 6) is -3.02. The number of phenolic OH excluding ortho intramolecular Hbond substituents is 1. The summed E-state index contributed by atoms with van der Waals surface area (Å²) >= 11 is 0. The molecule has 3 aromatic carbocycles. The molecule has 8 nitrogen and oxygen atoms in total. The van der Waals surface area contributed by atoms with Crippen molar-refractivity contribution >= 4 is 34.7 Å². The summed E-state index contributed by atoms with van der Waals surface area (Å²) in [5.41, 5.74) is 7.99. The average molecular weight is 529 g/mol. The van der Waals surface area contributed by atoms with Gasteiger partial charge in [0, 0.05) is 11.3 Å². The Hall–Kier alpha value is -4.53. The highest BCUT2D eigenvalue weighted by Crippen LogP contribution is 2.43. The third-order valence-electron chi connectivity index (χ3n) is 7.34. The fraction of sp³-hybridized carbons (Fsp3) is 0.267. The largest absolute Gasteiger partial charge is 0.505 e. The van der Waals surface area contributed by atoms with Gasteiger partial charge in [-0.25, -0.2) is 9.18 Å². The van der Waals surface area contributed by atoms with Gasteiger partial charge < -0.3 is 20.9 Å². The Balaban J connectivity index is 1.50. The number of carbonyl (C=O) groups excluding carboxylic acids is 1. The van der Waals surface area contributed by atoms with Crippen molar-refractivity contribution < 1.29 is 24.2 Å². The molecule has 200 valence electrons. The van der Waals surface area contributed by atoms with Crippen molar-refractivity contribution in [3.8, 4) is 16.9 Å². The Bertz CT molecular complexity index is 1550. The molecule has 39 heavy (non-hydrogen) atoms. The second-order valence-electron chi connectivity index (χ2n) is 9.98. The number of carboxylic acid groups (broad SMARTS) is 1. The molecule has 3 aromatic rings. The zero-order chi connectivity index (χ0) is 27.7. The number of aromatic carboxylic acids is 1. The van der Waals surface area contributed by atoms with Crippen LogP contribution in [0, 0.1) is 11.2 Å². The maximum atomic E-state index is 14.0. The van der Waals surface area contributed by atoms with Crippen molar-refractivity contribution in [1.82, 2.24) is 0 Å². The first-order valence-electron chi connectivity index (χ1n) is 13.0. The standard InChI is InChI=1S/C30H29FN4O4/c1-16(32)26(29(37)33-21-11-9-17-6-4-7-18(17)13-21)34-35-27-22-8-3-2-5-19(22)14-23(28(27)36)20-10-12-25(31)24(15-20)30(38)39/h9-15,32,35-36H,2-8H2,1H3,(H,33,37)(H,38,39)/b32-16?,34-26-. The van der Waals surface area contributed by atoms with Gasteiger partial charge in [0.15, 0.2) is 5.71 Å². The van der Waals surface area contributed by atoms with Crippen LogP contribution in [0.2, 0.25) is 0 Å². The van der Waals surface area contributed by atoms with Crippen LogP contribution in [-0.2, 0) is 30.5 Å². The van der Waals surface area contributed by atoms with E-state index < -0.39 is 23.3 Å². The fourth-order valence-electron chi connectivity index (χ4n) is 5.35. The number of fused-ring (bicyclic) bond motifs is 2. The molecule has 0 aliphatic heterocycles. The minimum Gasteiger partial charge on any atom is -0.505 e. The van der Waals surface area contributed by atoms with Gasteiger partial charge >= 0.3 is 5.97 Å². The number of nitrogens with one attached hydrogen (secondary N) is 3. The average Bonchev–Trinajstić information content (AvgIpc) is 3.37. The normalized spacial score (nSPS) is 14.4. The number of halogens is 1. The van der Waals surface area contributed by atoms with Gasteiger partial charge in [-0.3, -0.25) is 10.2 Å². The maximum Gasteiger partial charge on any atom is 0.338 e. The van der Waals surface area contributed by atoms with Gasteiger partial charge in [0.2, 0.25) is 0 Å². The van der Waals surface area contributed by atoms with Gasteiger partial charge in [-0.2, -0.15) is 5.10 Å². The highest BCUT2D eigenvalue weighted by molar-refractivity contribution is 6.67. The van der Waals surface area contributed by atoms with Crippen molar-refractivity contribution in [2.24, 2.45) is 5.10 Å². The minimum absolute atomic E-state index is 0.0599. The molecule has 0 heterocycles. The molecule has 1 amide bonds. The number of hydrogen-bond donors (Lipinski definition) is 5. The molecule has 0 radical (unpaired) electrons. The Morgan fingerprint density at radius 3 is 2.46 bits per heavy atom. The molecule has 0 saturated heterocycles. The number of hydrazone groups is 1. The van der Waals surface area contributed by atoms with Crippen molar-refractivity contribution in [2.45, 2.75) is 51.9 Å². The Labute approximate surface area is 225 Å². The first-order valence-corrected chi connectivity index (χ1v) is 13.0. The number of nitrogens with zero attached hydrogens (tertiary/aromatic N) is 1. The van der Waals surface area contributed by atoms with E-state index in [2.05, 4.69) is 15.8 Å². The van der Waals surface area contributed by atoms with Crippen LogP contribution in [0.1, 0.15) is 58.8 Å². The van der Waals surface area contributed by atoms with Gasteiger partial charge in [-0.05, 0) is 110 Å². The van der Waals surface area contributed by atoms with Crippen LogP contribution in [0.4, 0.5) is 15.8 Å². The van der Waals surface area contributed by atoms with Crippen LogP contribution in [0.25, 0.3) is 11.1 Å². The molecule has 0 spiro atoms. The second-order valence-corrected chi connectivity index (χ2v) is 9.98. The number of carbonyl (C=O) groups is 2. The van der Waals surface area contributed by atoms with Crippen molar-refractivity contribution in [3.05, 3.63) is 76.1 Å². The number of benzene rings is 3. The van der Waals surface area contributed by atoms with E-state index in [1.54, 1.807) is 6.07 Å². The van der Waals surface area contributed by atoms with E-state index in [0.717, 1.165) is 55.7 Å². The Kier molecular flexibility index (Phi) is 7.15. The Morgan fingerprint density at radius 1 is 0.949 bits per heavy atom. The highest BCUT2D eigenvalue weighted by atomic mass is 19.1. The molecule has 5 N–H and O–H groups in total. The van der Waals surface area contributed by atoms with Crippen LogP contribution >= 0.6 is 0 Å². The van der Waals surface area contributed by atoms with E-state index in [4.69, 9.17) is 5.41 Å². The number of hydrogen-bond acceptors (Lipinski definition) is 6. The summed E-state index contributed by atoms with van der Waals surface area (Å²) in [7, 11) is 0. The molecule has 2 aliphatic rings. The SMILES string of the molecule is CC(=N)/C(=N/Nc1c(O)c(-c2ccc(F)c(C(=O)O)c2)cc2c1CCCC2)C(=O)Nc1ccc2c(c1)CCC2. The summed E-state index contributed by atoms with van der Waals surface area (Å²) in [6.07, 6.45) is 6.34. The van der Waals surface area contributed by atoms with Crippen LogP contribution in [-0.4, -0.2) is 33.5 Å². The fourth-order valence-corrected chi connectivity index (χ4v) is 5.35. The van der Waals surface area contributed by atoms with Gasteiger partial charge in [-0.15, -0.1) is 0 Å². The molecule has 0 unspecified atom stereocenters. The van der Waals surface area contributed by atoms with Gasteiger partial charge in [0.1, 0.15) is 17.3 Å². The predicted molar refractivity (Wildman–Crippen MR) is 149 cm³/mol. The minimum atomic E-state index is -1.41. The predicted octanol–water partition coefficient (Wildman–Crippen LogP) is 5.71. The van der Waals surface area contributed by atoms with Crippen molar-refractivity contribution in [3.63, 3.8) is 0 Å². The lowest BCUT2D eigenvalue weighted by Crippen LogP contribution is -2.29. The maximum absolute atomic E-state index is 14.0. The lowest BCUT2D eigenvalue weighted by molar-refractivity contribution is -0.110. The number of anilines is 2. The molecule has 0 saturated carbocycles. The molecule has 2 aliphatic carbocycles. The number of aromatic hydroxyl groups is 1. The lowest BCUT2D eigenvalue weighted by Gasteiger charge is -2.23. The molecule has 0 atom stereocenters. The van der Waals surface area contributed by atoms with Gasteiger partial charge in [0.25, 0.3) is 5.91 Å². The van der Waals surface area contributed by atoms with Crippen LogP contribution in [0.5, 0.6) is 5.75 Å². The van der Waals surface area contributed by atoms with Crippen molar-refractivity contribution in [1.29, 1.82) is 5.41 Å². The zero-order valence-electron chi connectivity index (χ0n) is 21.5. The molecular weight excluding hydrogens is 499 g/mol. The first-order chi connectivity index (χ1) is 18.7. The summed E-state index contributed by atoms with van der Waals surface area (Å²) < 4.78 is 14.0. The number of aryl methyl sites for hydroxylation is 3. The lowest BCUT2D eigenvalue weighted by atomic mass is 9.86. The zero-order valence-corrected chi connectivity index (χ0v) is 21.5. The first kappa shape index (κ1) is 26.1. The molecule has 5 rings (SSSR count). The van der Waals surface area contributed by atoms with E-state index in [9.17, 15) is 24.2 Å². The molecule has 0 bridgehead atoms. The number of phenols is 1. The van der Waals surface area contributed by atoms with E-state index in [-0.39, 0.29) is 22.9 Å². The number of carboxylic acids is 1. The Morgan fingerprint density at radius 2 is 1.69 bits per heavy atom. The van der Waals surface area contributed by atoms with E-state index in [0.29, 0.717) is 23.2 Å². The van der Waals surface area contributed by atoms with E-state index in [1.165, 1.54) is 30.2 Å². The second kappa shape index (κ2) is 10.7. The van der Waals surface area contributed by atoms with E-state index >= 15 is 0 Å². The molecule has 9 heteroatoms. The smallest absolute Gasteiger partial charge is 0.338 e. The van der Waals surface area contributed by atoms with Crippen molar-refractivity contribution in [2.75, 3.05) is 10.7 Å². The summed E-state index contributed by atoms with van der Waals surface area (Å²) in [6, 6.07) is 11.2. The number of amides is 1. The third kappa shape index (κ3) is 5.25. The summed E-state index contributed by atoms with van der Waals surface area (Å²) in [6.45, 7) is 1.46. The monoisotopic (exact) mass is 528 g/mol. The summed E-state index contributed by atoms with van der Waals surface area (Å²) in [4.78, 5) is 24.6. The molecule has 0 fully saturated rings. The number of rotatable bonds is 7. The van der Waals surface area contributed by atoms with Crippen LogP contribution < -0.4 is 10.7 Å². The molecule has 0 aromatic heterocycles. The van der Waals surface area contributed by atoms with Gasteiger partial charge in [0.05, 0.1) is 11.3 Å². The summed E-state index contributed by atoms with van der Waals surface area (Å²) in [5, 5.41) is 35.9. The topological polar surface area (TPSA) is 135 Å². The van der Waals surface area contributed by atoms with Gasteiger partial charge in [-0.1, -0.05) is 12.1 Å². The highest BCUT2D eigenvalue weighted by Gasteiger charge is 2.23. The molecular formula is C30H29FN4O4. The van der Waals surface area contributed by atoms with Crippen LogP contribution in [0.3, 0.4) is 0 Å².